The number of benzene rings is 2. The normalized spacial score (nSPS) is 13.1. The summed E-state index contributed by atoms with van der Waals surface area (Å²) < 4.78 is 0. The molecule has 2 amide bonds. The molecule has 0 saturated heterocycles. The molecule has 0 spiro atoms. The molecular formula is C19H21N3O2. The Morgan fingerprint density at radius 3 is 2.38 bits per heavy atom. The molecule has 0 aromatic heterocycles. The minimum atomic E-state index is -0.115. The number of fused-ring (bicyclic) bond motifs is 1. The van der Waals surface area contributed by atoms with Crippen LogP contribution >= 0.6 is 0 Å². The van der Waals surface area contributed by atoms with Gasteiger partial charge < -0.3 is 15.5 Å². The van der Waals surface area contributed by atoms with Gasteiger partial charge in [-0.15, -0.1) is 0 Å². The monoisotopic (exact) mass is 323 g/mol. The molecule has 0 atom stereocenters. The van der Waals surface area contributed by atoms with Gasteiger partial charge in [-0.05, 0) is 48.7 Å². The average Bonchev–Trinajstić information content (AvgIpc) is 2.56. The molecule has 2 aromatic carbocycles. The lowest BCUT2D eigenvalue weighted by Crippen LogP contribution is -2.36. The summed E-state index contributed by atoms with van der Waals surface area (Å²) in [6.45, 7) is 2.70. The number of nitrogens with one attached hydrogen (secondary N) is 2. The zero-order chi connectivity index (χ0) is 16.9. The number of carbonyl (C=O) groups excluding carboxylic acids is 2. The second-order valence-electron chi connectivity index (χ2n) is 5.96. The van der Waals surface area contributed by atoms with Crippen LogP contribution in [0.2, 0.25) is 0 Å². The summed E-state index contributed by atoms with van der Waals surface area (Å²) in [5, 5.41) is 5.61. The van der Waals surface area contributed by atoms with Gasteiger partial charge in [-0.1, -0.05) is 18.2 Å². The van der Waals surface area contributed by atoms with Crippen molar-refractivity contribution in [2.24, 2.45) is 0 Å². The van der Waals surface area contributed by atoms with Gasteiger partial charge in [0, 0.05) is 30.5 Å². The minimum Gasteiger partial charge on any atom is -0.362 e. The highest BCUT2D eigenvalue weighted by atomic mass is 16.2. The second-order valence-corrected chi connectivity index (χ2v) is 5.96. The van der Waals surface area contributed by atoms with E-state index in [1.54, 1.807) is 24.3 Å². The van der Waals surface area contributed by atoms with Crippen molar-refractivity contribution in [1.82, 2.24) is 0 Å². The molecule has 0 radical (unpaired) electrons. The van der Waals surface area contributed by atoms with Crippen molar-refractivity contribution in [3.8, 4) is 0 Å². The molecule has 2 N–H and O–H groups in total. The van der Waals surface area contributed by atoms with Gasteiger partial charge in [0.15, 0.2) is 0 Å². The molecule has 0 fully saturated rings. The molecule has 0 unspecified atom stereocenters. The number of amides is 2. The maximum atomic E-state index is 12.3. The van der Waals surface area contributed by atoms with E-state index in [0.717, 1.165) is 30.8 Å². The van der Waals surface area contributed by atoms with Crippen LogP contribution in [0.5, 0.6) is 0 Å². The molecule has 2 aromatic rings. The van der Waals surface area contributed by atoms with Crippen molar-refractivity contribution in [3.63, 3.8) is 0 Å². The Bertz CT molecular complexity index is 741. The van der Waals surface area contributed by atoms with Crippen molar-refractivity contribution < 1.29 is 9.59 Å². The van der Waals surface area contributed by atoms with E-state index in [1.165, 1.54) is 12.5 Å². The van der Waals surface area contributed by atoms with E-state index in [9.17, 15) is 9.59 Å². The first kappa shape index (κ1) is 16.1. The van der Waals surface area contributed by atoms with Crippen molar-refractivity contribution in [1.29, 1.82) is 0 Å². The predicted molar refractivity (Wildman–Crippen MR) is 96.4 cm³/mol. The highest BCUT2D eigenvalue weighted by Gasteiger charge is 2.18. The molecule has 3 rings (SSSR count). The summed E-state index contributed by atoms with van der Waals surface area (Å²) in [4.78, 5) is 25.5. The Labute approximate surface area is 141 Å². The first-order valence-corrected chi connectivity index (χ1v) is 8.12. The lowest BCUT2D eigenvalue weighted by molar-refractivity contribution is -0.115. The largest absolute Gasteiger partial charge is 0.362 e. The smallest absolute Gasteiger partial charge is 0.243 e. The first-order valence-electron chi connectivity index (χ1n) is 8.12. The maximum Gasteiger partial charge on any atom is 0.243 e. The van der Waals surface area contributed by atoms with Crippen LogP contribution in [-0.4, -0.2) is 24.9 Å². The molecule has 124 valence electrons. The number of aryl methyl sites for hydroxylation is 1. The van der Waals surface area contributed by atoms with Gasteiger partial charge in [0.1, 0.15) is 0 Å². The standard InChI is InChI=1S/C19H21N3O2/c1-14(23)20-16-8-10-17(11-9-16)21-19(24)13-22-12-4-6-15-5-2-3-7-18(15)22/h2-3,5,7-11H,4,6,12-13H2,1H3,(H,20,23)(H,21,24). The fourth-order valence-electron chi connectivity index (χ4n) is 2.99. The Morgan fingerprint density at radius 2 is 1.67 bits per heavy atom. The van der Waals surface area contributed by atoms with Crippen molar-refractivity contribution in [2.75, 3.05) is 28.6 Å². The third-order valence-electron chi connectivity index (χ3n) is 4.03. The third kappa shape index (κ3) is 3.93. The van der Waals surface area contributed by atoms with Crippen molar-refractivity contribution >= 4 is 28.9 Å². The van der Waals surface area contributed by atoms with E-state index >= 15 is 0 Å². The second kappa shape index (κ2) is 7.17. The van der Waals surface area contributed by atoms with Crippen LogP contribution in [0, 0.1) is 0 Å². The molecule has 1 heterocycles. The summed E-state index contributed by atoms with van der Waals surface area (Å²) in [5.41, 5.74) is 3.89. The van der Waals surface area contributed by atoms with Crippen LogP contribution in [0.15, 0.2) is 48.5 Å². The number of hydrogen-bond acceptors (Lipinski definition) is 3. The maximum absolute atomic E-state index is 12.3. The Hall–Kier alpha value is -2.82. The number of anilines is 3. The number of nitrogens with zero attached hydrogens (tertiary/aromatic N) is 1. The highest BCUT2D eigenvalue weighted by molar-refractivity contribution is 5.95. The van der Waals surface area contributed by atoms with Crippen LogP contribution in [0.1, 0.15) is 18.9 Å². The zero-order valence-corrected chi connectivity index (χ0v) is 13.7. The Morgan fingerprint density at radius 1 is 1.00 bits per heavy atom. The summed E-state index contributed by atoms with van der Waals surface area (Å²) in [5.74, 6) is -0.158. The third-order valence-corrected chi connectivity index (χ3v) is 4.03. The summed E-state index contributed by atoms with van der Waals surface area (Å²) in [7, 11) is 0. The van der Waals surface area contributed by atoms with Crippen molar-refractivity contribution in [2.45, 2.75) is 19.8 Å². The number of carbonyl (C=O) groups is 2. The molecule has 0 aliphatic carbocycles. The predicted octanol–water partition coefficient (Wildman–Crippen LogP) is 3.04. The fourth-order valence-corrected chi connectivity index (χ4v) is 2.99. The van der Waals surface area contributed by atoms with Crippen LogP contribution in [-0.2, 0) is 16.0 Å². The number of rotatable bonds is 4. The quantitative estimate of drug-likeness (QED) is 0.909. The van der Waals surface area contributed by atoms with E-state index in [0.29, 0.717) is 12.2 Å². The summed E-state index contributed by atoms with van der Waals surface area (Å²) in [6, 6.07) is 15.4. The van der Waals surface area contributed by atoms with Gasteiger partial charge in [0.25, 0.3) is 0 Å². The minimum absolute atomic E-state index is 0.0426. The Kier molecular flexibility index (Phi) is 4.79. The van der Waals surface area contributed by atoms with Crippen LogP contribution in [0.25, 0.3) is 0 Å². The van der Waals surface area contributed by atoms with Gasteiger partial charge in [-0.2, -0.15) is 0 Å². The van der Waals surface area contributed by atoms with Crippen LogP contribution in [0.4, 0.5) is 17.1 Å². The van der Waals surface area contributed by atoms with E-state index in [2.05, 4.69) is 27.7 Å². The van der Waals surface area contributed by atoms with Gasteiger partial charge in [0.05, 0.1) is 6.54 Å². The van der Waals surface area contributed by atoms with Gasteiger partial charge in [-0.3, -0.25) is 9.59 Å². The van der Waals surface area contributed by atoms with E-state index < -0.39 is 0 Å². The number of hydrogen-bond donors (Lipinski definition) is 2. The topological polar surface area (TPSA) is 61.4 Å². The number of para-hydroxylation sites is 1. The van der Waals surface area contributed by atoms with Gasteiger partial charge >= 0.3 is 0 Å². The molecule has 1 aliphatic rings. The van der Waals surface area contributed by atoms with Crippen LogP contribution < -0.4 is 15.5 Å². The molecule has 1 aliphatic heterocycles. The van der Waals surface area contributed by atoms with E-state index in [-0.39, 0.29) is 11.8 Å². The molecule has 5 heteroatoms. The molecular weight excluding hydrogens is 302 g/mol. The molecule has 0 saturated carbocycles. The van der Waals surface area contributed by atoms with E-state index in [1.807, 2.05) is 12.1 Å². The first-order chi connectivity index (χ1) is 11.6. The van der Waals surface area contributed by atoms with Gasteiger partial charge in [0.2, 0.25) is 11.8 Å². The van der Waals surface area contributed by atoms with Gasteiger partial charge in [-0.25, -0.2) is 0 Å². The zero-order valence-electron chi connectivity index (χ0n) is 13.7. The summed E-state index contributed by atoms with van der Waals surface area (Å²) >= 11 is 0. The molecule has 24 heavy (non-hydrogen) atoms. The Balaban J connectivity index is 1.61. The molecule has 5 nitrogen and oxygen atoms in total. The van der Waals surface area contributed by atoms with Crippen LogP contribution in [0.3, 0.4) is 0 Å². The SMILES string of the molecule is CC(=O)Nc1ccc(NC(=O)CN2CCCc3ccccc32)cc1. The lowest BCUT2D eigenvalue weighted by atomic mass is 10.0. The van der Waals surface area contributed by atoms with E-state index in [4.69, 9.17) is 0 Å². The van der Waals surface area contributed by atoms with Crippen molar-refractivity contribution in [3.05, 3.63) is 54.1 Å². The molecule has 0 bridgehead atoms. The average molecular weight is 323 g/mol. The fraction of sp³-hybridized carbons (Fsp3) is 0.263. The highest BCUT2D eigenvalue weighted by Crippen LogP contribution is 2.26. The lowest BCUT2D eigenvalue weighted by Gasteiger charge is -2.30. The summed E-state index contributed by atoms with van der Waals surface area (Å²) in [6.07, 6.45) is 2.13.